The van der Waals surface area contributed by atoms with Gasteiger partial charge in [-0.05, 0) is 43.9 Å². The number of nitrogens with zero attached hydrogens (tertiary/aromatic N) is 3. The fourth-order valence-corrected chi connectivity index (χ4v) is 4.64. The Hall–Kier alpha value is -4.08. The first-order valence-electron chi connectivity index (χ1n) is 12.6. The van der Waals surface area contributed by atoms with Gasteiger partial charge in [-0.25, -0.2) is 4.39 Å². The quantitative estimate of drug-likeness (QED) is 0.496. The molecule has 1 saturated heterocycles. The Kier molecular flexibility index (Phi) is 8.19. The third kappa shape index (κ3) is 5.74. The number of amides is 3. The van der Waals surface area contributed by atoms with Crippen molar-refractivity contribution in [1.82, 2.24) is 20.1 Å². The van der Waals surface area contributed by atoms with Gasteiger partial charge >= 0.3 is 0 Å². The fraction of sp³-hybridized carbons (Fsp3) is 0.393. The molecule has 4 rings (SSSR count). The van der Waals surface area contributed by atoms with E-state index in [1.807, 2.05) is 26.0 Å². The largest absolute Gasteiger partial charge is 0.451 e. The number of carbonyl (C=O) groups excluding carboxylic acids is 4. The lowest BCUT2D eigenvalue weighted by atomic mass is 10.0. The molecular formula is C28H31FN4O5. The topological polar surface area (TPSA) is 113 Å². The molecule has 0 radical (unpaired) electrons. The van der Waals surface area contributed by atoms with Gasteiger partial charge in [0.15, 0.2) is 5.76 Å². The summed E-state index contributed by atoms with van der Waals surface area (Å²) in [6.45, 7) is 5.12. The van der Waals surface area contributed by atoms with Crippen molar-refractivity contribution in [3.8, 4) is 0 Å². The number of hydrogen-bond acceptors (Lipinski definition) is 6. The van der Waals surface area contributed by atoms with Gasteiger partial charge in [0.05, 0.1) is 12.1 Å². The number of furan rings is 1. The lowest BCUT2D eigenvalue weighted by Crippen LogP contribution is -2.56. The summed E-state index contributed by atoms with van der Waals surface area (Å²) >= 11 is 0. The number of fused-ring (bicyclic) bond motifs is 1. The van der Waals surface area contributed by atoms with Gasteiger partial charge in [0.2, 0.25) is 18.0 Å². The van der Waals surface area contributed by atoms with Gasteiger partial charge in [-0.3, -0.25) is 24.2 Å². The number of aromatic nitrogens is 1. The highest BCUT2D eigenvalue weighted by Crippen LogP contribution is 2.25. The van der Waals surface area contributed by atoms with Crippen molar-refractivity contribution in [1.29, 1.82) is 0 Å². The van der Waals surface area contributed by atoms with Crippen molar-refractivity contribution in [3.63, 3.8) is 0 Å². The zero-order valence-electron chi connectivity index (χ0n) is 21.6. The molecule has 0 unspecified atom stereocenters. The van der Waals surface area contributed by atoms with Crippen molar-refractivity contribution in [2.75, 3.05) is 19.6 Å². The smallest absolute Gasteiger partial charge is 0.287 e. The summed E-state index contributed by atoms with van der Waals surface area (Å²) in [7, 11) is 0. The summed E-state index contributed by atoms with van der Waals surface area (Å²) in [6, 6.07) is 9.33. The molecule has 2 atom stereocenters. The van der Waals surface area contributed by atoms with Crippen molar-refractivity contribution >= 4 is 34.5 Å². The third-order valence-electron chi connectivity index (χ3n) is 6.55. The van der Waals surface area contributed by atoms with Crippen molar-refractivity contribution in [3.05, 3.63) is 65.7 Å². The Morgan fingerprint density at radius 2 is 1.92 bits per heavy atom. The molecule has 200 valence electrons. The van der Waals surface area contributed by atoms with Crippen LogP contribution in [0.4, 0.5) is 4.39 Å². The van der Waals surface area contributed by atoms with E-state index in [0.29, 0.717) is 16.7 Å². The number of pyridine rings is 1. The second-order valence-electron chi connectivity index (χ2n) is 9.86. The lowest BCUT2D eigenvalue weighted by Gasteiger charge is -2.34. The molecule has 3 amide bonds. The van der Waals surface area contributed by atoms with Gasteiger partial charge < -0.3 is 19.5 Å². The molecule has 1 fully saturated rings. The maximum absolute atomic E-state index is 15.4. The number of benzene rings is 1. The molecule has 0 spiro atoms. The third-order valence-corrected chi connectivity index (χ3v) is 6.55. The number of halogens is 1. The van der Waals surface area contributed by atoms with E-state index in [2.05, 4.69) is 10.3 Å². The van der Waals surface area contributed by atoms with Crippen LogP contribution in [0.3, 0.4) is 0 Å². The maximum Gasteiger partial charge on any atom is 0.287 e. The van der Waals surface area contributed by atoms with Gasteiger partial charge in [0, 0.05) is 36.4 Å². The number of rotatable bonds is 6. The molecule has 10 heteroatoms. The maximum atomic E-state index is 15.4. The van der Waals surface area contributed by atoms with Gasteiger partial charge in [0.25, 0.3) is 11.8 Å². The van der Waals surface area contributed by atoms with Gasteiger partial charge in [-0.15, -0.1) is 0 Å². The molecule has 1 aliphatic heterocycles. The molecule has 1 N–H and O–H groups in total. The molecule has 2 aromatic heterocycles. The van der Waals surface area contributed by atoms with Crippen molar-refractivity contribution in [2.45, 2.75) is 46.0 Å². The van der Waals surface area contributed by atoms with Gasteiger partial charge in [-0.1, -0.05) is 32.0 Å². The molecule has 3 aromatic rings. The van der Waals surface area contributed by atoms with Crippen LogP contribution in [0.1, 0.15) is 53.2 Å². The lowest BCUT2D eigenvalue weighted by molar-refractivity contribution is -0.148. The van der Waals surface area contributed by atoms with E-state index < -0.39 is 42.4 Å². The predicted octanol–water partition coefficient (Wildman–Crippen LogP) is 3.52. The average molecular weight is 523 g/mol. The van der Waals surface area contributed by atoms with E-state index >= 15 is 4.39 Å². The number of alkyl halides is 1. The molecule has 1 aromatic carbocycles. The standard InChI is InChI=1S/C28H31FN4O5/c1-17(2)14-21(31-26(35)24-18(3)20-9-4-5-10-23(20)38-24)28(37)33-13-7-12-32(16-22(34)25(33)29)27(36)19-8-6-11-30-15-19/h4-6,8-11,15,17,21,25H,7,12-14,16H2,1-3H3,(H,31,35)/t21-,25+/m0/s1. The highest BCUT2D eigenvalue weighted by molar-refractivity contribution is 6.02. The molecule has 3 heterocycles. The Bertz CT molecular complexity index is 1340. The molecule has 0 aliphatic carbocycles. The monoisotopic (exact) mass is 522 g/mol. The number of aryl methyl sites for hydroxylation is 1. The predicted molar refractivity (Wildman–Crippen MR) is 138 cm³/mol. The minimum absolute atomic E-state index is 0.00265. The van der Waals surface area contributed by atoms with Crippen LogP contribution in [0.5, 0.6) is 0 Å². The Morgan fingerprint density at radius 1 is 1.16 bits per heavy atom. The van der Waals surface area contributed by atoms with E-state index in [1.54, 1.807) is 31.2 Å². The number of para-hydroxylation sites is 1. The minimum Gasteiger partial charge on any atom is -0.451 e. The molecule has 1 aliphatic rings. The summed E-state index contributed by atoms with van der Waals surface area (Å²) in [4.78, 5) is 58.3. The fourth-order valence-electron chi connectivity index (χ4n) is 4.64. The highest BCUT2D eigenvalue weighted by atomic mass is 19.1. The van der Waals surface area contributed by atoms with E-state index in [0.717, 1.165) is 10.3 Å². The summed E-state index contributed by atoms with van der Waals surface area (Å²) < 4.78 is 21.1. The zero-order chi connectivity index (χ0) is 27.4. The first kappa shape index (κ1) is 27.0. The summed E-state index contributed by atoms with van der Waals surface area (Å²) in [5.74, 6) is -2.52. The average Bonchev–Trinajstić information content (AvgIpc) is 3.24. The normalized spacial score (nSPS) is 17.3. The van der Waals surface area contributed by atoms with Crippen LogP contribution in [0.25, 0.3) is 11.0 Å². The Morgan fingerprint density at radius 3 is 2.61 bits per heavy atom. The van der Waals surface area contributed by atoms with Gasteiger partial charge in [0.1, 0.15) is 11.6 Å². The van der Waals surface area contributed by atoms with Crippen LogP contribution in [0.2, 0.25) is 0 Å². The first-order valence-corrected chi connectivity index (χ1v) is 12.6. The van der Waals surface area contributed by atoms with Crippen LogP contribution >= 0.6 is 0 Å². The van der Waals surface area contributed by atoms with E-state index in [1.165, 1.54) is 17.3 Å². The molecular weight excluding hydrogens is 491 g/mol. The molecule has 38 heavy (non-hydrogen) atoms. The van der Waals surface area contributed by atoms with Crippen molar-refractivity contribution in [2.24, 2.45) is 5.92 Å². The SMILES string of the molecule is Cc1c(C(=O)N[C@@H](CC(C)C)C(=O)N2CCCN(C(=O)c3cccnc3)CC(=O)[C@@H]2F)oc2ccccc12. The van der Waals surface area contributed by atoms with Crippen molar-refractivity contribution < 1.29 is 28.0 Å². The number of Topliss-reactive ketones (excluding diaryl/α,β-unsaturated/α-hetero) is 1. The molecule has 0 saturated carbocycles. The van der Waals surface area contributed by atoms with Crippen LogP contribution < -0.4 is 5.32 Å². The van der Waals surface area contributed by atoms with Crippen LogP contribution in [-0.4, -0.2) is 70.3 Å². The van der Waals surface area contributed by atoms with Crippen LogP contribution in [0, 0.1) is 12.8 Å². The van der Waals surface area contributed by atoms with E-state index in [4.69, 9.17) is 4.42 Å². The highest BCUT2D eigenvalue weighted by Gasteiger charge is 2.37. The summed E-state index contributed by atoms with van der Waals surface area (Å²) in [5, 5.41) is 3.50. The van der Waals surface area contributed by atoms with Gasteiger partial charge in [-0.2, -0.15) is 0 Å². The Labute approximate surface area is 220 Å². The number of hydrogen-bond donors (Lipinski definition) is 1. The minimum atomic E-state index is -2.24. The number of carbonyl (C=O) groups is 4. The molecule has 0 bridgehead atoms. The van der Waals surface area contributed by atoms with E-state index in [-0.39, 0.29) is 37.6 Å². The zero-order valence-corrected chi connectivity index (χ0v) is 21.6. The Balaban J connectivity index is 1.50. The van der Waals surface area contributed by atoms with E-state index in [9.17, 15) is 19.2 Å². The first-order chi connectivity index (χ1) is 18.2. The van der Waals surface area contributed by atoms with Crippen LogP contribution in [-0.2, 0) is 9.59 Å². The summed E-state index contributed by atoms with van der Waals surface area (Å²) in [6.07, 6.45) is 1.17. The second-order valence-corrected chi connectivity index (χ2v) is 9.86. The number of ketones is 1. The molecule has 9 nitrogen and oxygen atoms in total. The summed E-state index contributed by atoms with van der Waals surface area (Å²) in [5.41, 5.74) is 1.48. The second kappa shape index (κ2) is 11.5. The number of nitrogens with one attached hydrogen (secondary N) is 1. The van der Waals surface area contributed by atoms with Crippen LogP contribution in [0.15, 0.2) is 53.2 Å².